The molecule has 0 amide bonds. The Morgan fingerprint density at radius 3 is 2.45 bits per heavy atom. The number of nitrogen functional groups attached to an aromatic ring is 1. The van der Waals surface area contributed by atoms with Crippen LogP contribution in [0.2, 0.25) is 0 Å². The molecule has 2 N–H and O–H groups in total. The maximum atomic E-state index is 13.1. The molecule has 11 heavy (non-hydrogen) atoms. The SMILES string of the molecule is CC(C)(F)c1ncnc(N)n1. The summed E-state index contributed by atoms with van der Waals surface area (Å²) in [5, 5.41) is 0. The highest BCUT2D eigenvalue weighted by Gasteiger charge is 2.22. The van der Waals surface area contributed by atoms with E-state index in [1.807, 2.05) is 0 Å². The predicted molar refractivity (Wildman–Crippen MR) is 38.4 cm³/mol. The van der Waals surface area contributed by atoms with Gasteiger partial charge in [-0.05, 0) is 13.8 Å². The van der Waals surface area contributed by atoms with E-state index in [2.05, 4.69) is 15.0 Å². The van der Waals surface area contributed by atoms with Crippen molar-refractivity contribution in [1.82, 2.24) is 15.0 Å². The third-order valence-electron chi connectivity index (χ3n) is 1.12. The maximum Gasteiger partial charge on any atom is 0.223 e. The molecular formula is C6H9FN4. The second-order valence-corrected chi connectivity index (χ2v) is 2.64. The van der Waals surface area contributed by atoms with Crippen molar-refractivity contribution in [3.05, 3.63) is 12.2 Å². The quantitative estimate of drug-likeness (QED) is 0.648. The normalized spacial score (nSPS) is 11.5. The van der Waals surface area contributed by atoms with Crippen molar-refractivity contribution < 1.29 is 4.39 Å². The highest BCUT2D eigenvalue weighted by molar-refractivity contribution is 5.14. The lowest BCUT2D eigenvalue weighted by molar-refractivity contribution is 0.206. The minimum atomic E-state index is -1.56. The average molecular weight is 156 g/mol. The number of hydrogen-bond donors (Lipinski definition) is 1. The molecule has 1 aromatic heterocycles. The molecule has 0 aliphatic rings. The average Bonchev–Trinajstić information content (AvgIpc) is 1.86. The highest BCUT2D eigenvalue weighted by atomic mass is 19.1. The van der Waals surface area contributed by atoms with Crippen molar-refractivity contribution >= 4 is 5.95 Å². The van der Waals surface area contributed by atoms with Crippen molar-refractivity contribution in [2.24, 2.45) is 0 Å². The van der Waals surface area contributed by atoms with E-state index >= 15 is 0 Å². The zero-order chi connectivity index (χ0) is 8.48. The molecule has 0 aromatic carbocycles. The maximum absolute atomic E-state index is 13.1. The number of alkyl halides is 1. The van der Waals surface area contributed by atoms with Gasteiger partial charge in [-0.1, -0.05) is 0 Å². The lowest BCUT2D eigenvalue weighted by Crippen LogP contribution is -2.15. The third kappa shape index (κ3) is 1.83. The van der Waals surface area contributed by atoms with Gasteiger partial charge in [-0.3, -0.25) is 0 Å². The summed E-state index contributed by atoms with van der Waals surface area (Å²) in [6.07, 6.45) is 1.19. The summed E-state index contributed by atoms with van der Waals surface area (Å²) in [5.74, 6) is 0.103. The molecular weight excluding hydrogens is 147 g/mol. The first-order chi connectivity index (χ1) is 5.00. The molecule has 1 heterocycles. The van der Waals surface area contributed by atoms with Crippen molar-refractivity contribution in [2.75, 3.05) is 5.73 Å². The van der Waals surface area contributed by atoms with Crippen LogP contribution in [0.25, 0.3) is 0 Å². The largest absolute Gasteiger partial charge is 0.368 e. The van der Waals surface area contributed by atoms with E-state index in [9.17, 15) is 4.39 Å². The van der Waals surface area contributed by atoms with Crippen LogP contribution in [0, 0.1) is 0 Å². The first-order valence-electron chi connectivity index (χ1n) is 3.14. The van der Waals surface area contributed by atoms with Gasteiger partial charge in [0, 0.05) is 0 Å². The Bertz CT molecular complexity index is 255. The summed E-state index contributed by atoms with van der Waals surface area (Å²) in [6.45, 7) is 2.73. The predicted octanol–water partition coefficient (Wildman–Crippen LogP) is 0.658. The first kappa shape index (κ1) is 7.84. The number of nitrogens with two attached hydrogens (primary N) is 1. The number of halogens is 1. The standard InChI is InChI=1S/C6H9FN4/c1-6(2,7)4-9-3-10-5(8)11-4/h3H,1-2H3,(H2,8,9,10,11). The van der Waals surface area contributed by atoms with Crippen molar-refractivity contribution in [2.45, 2.75) is 19.5 Å². The number of rotatable bonds is 1. The molecule has 0 aliphatic carbocycles. The molecule has 0 saturated heterocycles. The van der Waals surface area contributed by atoms with Crippen LogP contribution in [0.5, 0.6) is 0 Å². The Hall–Kier alpha value is -1.26. The van der Waals surface area contributed by atoms with Crippen LogP contribution in [-0.2, 0) is 5.67 Å². The fourth-order valence-corrected chi connectivity index (χ4v) is 0.595. The summed E-state index contributed by atoms with van der Waals surface area (Å²) >= 11 is 0. The van der Waals surface area contributed by atoms with Gasteiger partial charge in [-0.2, -0.15) is 4.98 Å². The Labute approximate surface area is 63.7 Å². The summed E-state index contributed by atoms with van der Waals surface area (Å²) in [7, 11) is 0. The molecule has 1 rings (SSSR count). The van der Waals surface area contributed by atoms with E-state index in [4.69, 9.17) is 5.73 Å². The van der Waals surface area contributed by atoms with Gasteiger partial charge in [-0.25, -0.2) is 14.4 Å². The van der Waals surface area contributed by atoms with Crippen LogP contribution < -0.4 is 5.73 Å². The molecule has 60 valence electrons. The second-order valence-electron chi connectivity index (χ2n) is 2.64. The van der Waals surface area contributed by atoms with Gasteiger partial charge in [0.1, 0.15) is 6.33 Å². The zero-order valence-corrected chi connectivity index (χ0v) is 6.37. The summed E-state index contributed by atoms with van der Waals surface area (Å²) in [6, 6.07) is 0. The van der Waals surface area contributed by atoms with Crippen LogP contribution in [0.4, 0.5) is 10.3 Å². The zero-order valence-electron chi connectivity index (χ0n) is 6.37. The summed E-state index contributed by atoms with van der Waals surface area (Å²) < 4.78 is 13.1. The Morgan fingerprint density at radius 2 is 2.09 bits per heavy atom. The number of aromatic nitrogens is 3. The minimum absolute atomic E-state index is 0.0423. The molecule has 0 atom stereocenters. The summed E-state index contributed by atoms with van der Waals surface area (Å²) in [5.41, 5.74) is 3.67. The molecule has 0 fully saturated rings. The van der Waals surface area contributed by atoms with Crippen LogP contribution >= 0.6 is 0 Å². The van der Waals surface area contributed by atoms with Gasteiger partial charge in [0.15, 0.2) is 11.5 Å². The van der Waals surface area contributed by atoms with E-state index in [0.29, 0.717) is 0 Å². The molecule has 0 aliphatic heterocycles. The molecule has 5 heteroatoms. The monoisotopic (exact) mass is 156 g/mol. The molecule has 0 saturated carbocycles. The van der Waals surface area contributed by atoms with E-state index < -0.39 is 5.67 Å². The fourth-order valence-electron chi connectivity index (χ4n) is 0.595. The lowest BCUT2D eigenvalue weighted by Gasteiger charge is -2.10. The van der Waals surface area contributed by atoms with Gasteiger partial charge in [0.05, 0.1) is 0 Å². The smallest absolute Gasteiger partial charge is 0.223 e. The fraction of sp³-hybridized carbons (Fsp3) is 0.500. The van der Waals surface area contributed by atoms with Gasteiger partial charge < -0.3 is 5.73 Å². The van der Waals surface area contributed by atoms with Crippen molar-refractivity contribution in [1.29, 1.82) is 0 Å². The van der Waals surface area contributed by atoms with Crippen molar-refractivity contribution in [3.63, 3.8) is 0 Å². The van der Waals surface area contributed by atoms with E-state index in [-0.39, 0.29) is 11.8 Å². The number of nitrogens with zero attached hydrogens (tertiary/aromatic N) is 3. The molecule has 0 spiro atoms. The van der Waals surface area contributed by atoms with Crippen LogP contribution in [0.3, 0.4) is 0 Å². The van der Waals surface area contributed by atoms with Crippen LogP contribution in [0.15, 0.2) is 6.33 Å². The molecule has 0 unspecified atom stereocenters. The van der Waals surface area contributed by atoms with Gasteiger partial charge >= 0.3 is 0 Å². The van der Waals surface area contributed by atoms with Gasteiger partial charge in [0.25, 0.3) is 0 Å². The second kappa shape index (κ2) is 2.41. The Morgan fingerprint density at radius 1 is 1.45 bits per heavy atom. The molecule has 0 radical (unpaired) electrons. The van der Waals surface area contributed by atoms with E-state index in [1.165, 1.54) is 20.2 Å². The molecule has 4 nitrogen and oxygen atoms in total. The minimum Gasteiger partial charge on any atom is -0.368 e. The third-order valence-corrected chi connectivity index (χ3v) is 1.12. The first-order valence-corrected chi connectivity index (χ1v) is 3.14. The Kier molecular flexibility index (Phi) is 1.72. The lowest BCUT2D eigenvalue weighted by atomic mass is 10.1. The van der Waals surface area contributed by atoms with E-state index in [0.717, 1.165) is 0 Å². The van der Waals surface area contributed by atoms with Crippen molar-refractivity contribution in [3.8, 4) is 0 Å². The number of anilines is 1. The topological polar surface area (TPSA) is 64.7 Å². The molecule has 0 bridgehead atoms. The van der Waals surface area contributed by atoms with Gasteiger partial charge in [0.2, 0.25) is 5.95 Å². The highest BCUT2D eigenvalue weighted by Crippen LogP contribution is 2.19. The van der Waals surface area contributed by atoms with Crippen LogP contribution in [-0.4, -0.2) is 15.0 Å². The van der Waals surface area contributed by atoms with Gasteiger partial charge in [-0.15, -0.1) is 0 Å². The summed E-state index contributed by atoms with van der Waals surface area (Å²) in [4.78, 5) is 10.8. The van der Waals surface area contributed by atoms with Crippen LogP contribution in [0.1, 0.15) is 19.7 Å². The number of hydrogen-bond acceptors (Lipinski definition) is 4. The Balaban J connectivity index is 3.06. The molecule has 1 aromatic rings. The van der Waals surface area contributed by atoms with E-state index in [1.54, 1.807) is 0 Å².